The lowest BCUT2D eigenvalue weighted by Gasteiger charge is -2.05. The molecule has 0 aromatic carbocycles. The summed E-state index contributed by atoms with van der Waals surface area (Å²) in [5.41, 5.74) is 0.852. The average molecular weight is 282 g/mol. The van der Waals surface area contributed by atoms with Crippen LogP contribution in [0.4, 0.5) is 5.13 Å². The van der Waals surface area contributed by atoms with Crippen LogP contribution in [0.25, 0.3) is 0 Å². The maximum Gasteiger partial charge on any atom is 0.208 e. The van der Waals surface area contributed by atoms with Crippen molar-refractivity contribution >= 4 is 28.2 Å². The van der Waals surface area contributed by atoms with Crippen molar-refractivity contribution in [3.8, 4) is 0 Å². The van der Waals surface area contributed by atoms with E-state index < -0.39 is 6.10 Å². The largest absolute Gasteiger partial charge is 0.389 e. The Bertz CT molecular complexity index is 527. The molecule has 5 nitrogen and oxygen atoms in total. The van der Waals surface area contributed by atoms with Crippen LogP contribution in [0.3, 0.4) is 0 Å². The summed E-state index contributed by atoms with van der Waals surface area (Å²) in [5.74, 6) is 0. The Balaban J connectivity index is 2.15. The molecule has 0 saturated carbocycles. The van der Waals surface area contributed by atoms with E-state index in [1.165, 1.54) is 23.1 Å². The summed E-state index contributed by atoms with van der Waals surface area (Å²) in [4.78, 5) is 6.17. The highest BCUT2D eigenvalue weighted by atomic mass is 32.2. The number of rotatable bonds is 4. The molecule has 96 valence electrons. The van der Waals surface area contributed by atoms with Crippen LogP contribution >= 0.6 is 23.1 Å². The van der Waals surface area contributed by atoms with E-state index in [0.717, 1.165) is 20.1 Å². The third kappa shape index (κ3) is 3.18. The standard InChI is InChI=1S/C11H14N4OS2/c1-7(16)8-4-5-12-9(6-8)17-11-14-13-10(18-11)15(2)3/h4-7,16H,1-3H3/t7-/m1/s1. The molecule has 0 bridgehead atoms. The van der Waals surface area contributed by atoms with E-state index in [9.17, 15) is 5.11 Å². The van der Waals surface area contributed by atoms with Gasteiger partial charge in [-0.1, -0.05) is 11.3 Å². The zero-order valence-electron chi connectivity index (χ0n) is 10.4. The molecule has 2 rings (SSSR count). The van der Waals surface area contributed by atoms with Gasteiger partial charge in [0.1, 0.15) is 5.03 Å². The summed E-state index contributed by atoms with van der Waals surface area (Å²) in [6.07, 6.45) is 1.21. The molecule has 0 unspecified atom stereocenters. The van der Waals surface area contributed by atoms with E-state index in [0.29, 0.717) is 0 Å². The lowest BCUT2D eigenvalue weighted by molar-refractivity contribution is 0.199. The fourth-order valence-corrected chi connectivity index (χ4v) is 2.97. The molecule has 0 aliphatic carbocycles. The lowest BCUT2D eigenvalue weighted by Crippen LogP contribution is -2.07. The van der Waals surface area contributed by atoms with E-state index in [1.807, 2.05) is 25.1 Å². The van der Waals surface area contributed by atoms with E-state index in [1.54, 1.807) is 19.2 Å². The fraction of sp³-hybridized carbons (Fsp3) is 0.364. The summed E-state index contributed by atoms with van der Waals surface area (Å²) in [7, 11) is 3.86. The predicted molar refractivity (Wildman–Crippen MR) is 73.2 cm³/mol. The first-order chi connectivity index (χ1) is 8.56. The van der Waals surface area contributed by atoms with Crippen LogP contribution in [-0.2, 0) is 0 Å². The minimum absolute atomic E-state index is 0.487. The molecule has 0 aliphatic heterocycles. The van der Waals surface area contributed by atoms with Gasteiger partial charge in [-0.05, 0) is 36.4 Å². The van der Waals surface area contributed by atoms with Crippen molar-refractivity contribution in [2.24, 2.45) is 0 Å². The second-order valence-electron chi connectivity index (χ2n) is 3.95. The minimum atomic E-state index is -0.487. The number of anilines is 1. The van der Waals surface area contributed by atoms with Gasteiger partial charge in [0.05, 0.1) is 6.10 Å². The Morgan fingerprint density at radius 1 is 1.39 bits per heavy atom. The SMILES string of the molecule is C[C@@H](O)c1ccnc(Sc2nnc(N(C)C)s2)c1. The number of nitrogens with zero attached hydrogens (tertiary/aromatic N) is 4. The predicted octanol–water partition coefficient (Wildman–Crippen LogP) is 2.20. The number of hydrogen-bond acceptors (Lipinski definition) is 7. The zero-order valence-corrected chi connectivity index (χ0v) is 12.0. The van der Waals surface area contributed by atoms with Gasteiger partial charge in [-0.25, -0.2) is 4.98 Å². The van der Waals surface area contributed by atoms with Crippen LogP contribution in [0.15, 0.2) is 27.7 Å². The zero-order chi connectivity index (χ0) is 13.1. The molecular formula is C11H14N4OS2. The molecule has 0 saturated heterocycles. The highest BCUT2D eigenvalue weighted by Crippen LogP contribution is 2.32. The monoisotopic (exact) mass is 282 g/mol. The van der Waals surface area contributed by atoms with Crippen LogP contribution < -0.4 is 4.90 Å². The summed E-state index contributed by atoms with van der Waals surface area (Å²) in [5, 5.41) is 19.4. The Morgan fingerprint density at radius 3 is 2.78 bits per heavy atom. The molecule has 7 heteroatoms. The highest BCUT2D eigenvalue weighted by molar-refractivity contribution is 8.01. The first-order valence-corrected chi connectivity index (χ1v) is 7.02. The highest BCUT2D eigenvalue weighted by Gasteiger charge is 2.09. The quantitative estimate of drug-likeness (QED) is 0.927. The van der Waals surface area contributed by atoms with Crippen molar-refractivity contribution in [3.05, 3.63) is 23.9 Å². The molecule has 0 radical (unpaired) electrons. The van der Waals surface area contributed by atoms with Crippen molar-refractivity contribution in [3.63, 3.8) is 0 Å². The van der Waals surface area contributed by atoms with Crippen molar-refractivity contribution in [2.75, 3.05) is 19.0 Å². The number of aromatic nitrogens is 3. The van der Waals surface area contributed by atoms with E-state index in [4.69, 9.17) is 0 Å². The van der Waals surface area contributed by atoms with E-state index in [-0.39, 0.29) is 0 Å². The van der Waals surface area contributed by atoms with E-state index >= 15 is 0 Å². The lowest BCUT2D eigenvalue weighted by atomic mass is 10.2. The van der Waals surface area contributed by atoms with Crippen LogP contribution in [-0.4, -0.2) is 34.4 Å². The van der Waals surface area contributed by atoms with E-state index in [2.05, 4.69) is 15.2 Å². The van der Waals surface area contributed by atoms with Crippen LogP contribution in [0, 0.1) is 0 Å². The summed E-state index contributed by atoms with van der Waals surface area (Å²) in [6.45, 7) is 1.73. The summed E-state index contributed by atoms with van der Waals surface area (Å²) >= 11 is 2.97. The summed E-state index contributed by atoms with van der Waals surface area (Å²) in [6, 6.07) is 3.67. The Hall–Kier alpha value is -1.18. The molecular weight excluding hydrogens is 268 g/mol. The number of pyridine rings is 1. The second kappa shape index (κ2) is 5.64. The third-order valence-electron chi connectivity index (χ3n) is 2.21. The molecule has 0 aliphatic rings. The number of hydrogen-bond donors (Lipinski definition) is 1. The minimum Gasteiger partial charge on any atom is -0.389 e. The first-order valence-electron chi connectivity index (χ1n) is 5.39. The van der Waals surface area contributed by atoms with Gasteiger partial charge in [0.15, 0.2) is 4.34 Å². The molecule has 18 heavy (non-hydrogen) atoms. The Labute approximate surface area is 114 Å². The van der Waals surface area contributed by atoms with Gasteiger partial charge < -0.3 is 10.0 Å². The smallest absolute Gasteiger partial charge is 0.208 e. The van der Waals surface area contributed by atoms with Gasteiger partial charge in [0.25, 0.3) is 0 Å². The first kappa shape index (κ1) is 13.3. The molecule has 2 aromatic rings. The third-order valence-corrected chi connectivity index (χ3v) is 4.29. The van der Waals surface area contributed by atoms with Gasteiger partial charge in [-0.3, -0.25) is 0 Å². The second-order valence-corrected chi connectivity index (χ2v) is 6.17. The fourth-order valence-electron chi connectivity index (χ4n) is 1.25. The van der Waals surface area contributed by atoms with Gasteiger partial charge in [-0.15, -0.1) is 10.2 Å². The normalized spacial score (nSPS) is 12.4. The van der Waals surface area contributed by atoms with Crippen molar-refractivity contribution in [2.45, 2.75) is 22.4 Å². The van der Waals surface area contributed by atoms with Gasteiger partial charge in [-0.2, -0.15) is 0 Å². The molecule has 2 aromatic heterocycles. The summed E-state index contributed by atoms with van der Waals surface area (Å²) < 4.78 is 0.842. The average Bonchev–Trinajstić information content (AvgIpc) is 2.78. The van der Waals surface area contributed by atoms with Crippen molar-refractivity contribution in [1.82, 2.24) is 15.2 Å². The Morgan fingerprint density at radius 2 is 2.17 bits per heavy atom. The molecule has 1 atom stereocenters. The van der Waals surface area contributed by atoms with Crippen LogP contribution in [0.5, 0.6) is 0 Å². The van der Waals surface area contributed by atoms with Gasteiger partial charge in [0, 0.05) is 20.3 Å². The van der Waals surface area contributed by atoms with Gasteiger partial charge >= 0.3 is 0 Å². The maximum atomic E-state index is 9.52. The van der Waals surface area contributed by atoms with Crippen molar-refractivity contribution < 1.29 is 5.11 Å². The number of aliphatic hydroxyl groups excluding tert-OH is 1. The molecule has 0 amide bonds. The van der Waals surface area contributed by atoms with Gasteiger partial charge in [0.2, 0.25) is 5.13 Å². The molecule has 0 fully saturated rings. The van der Waals surface area contributed by atoms with Crippen LogP contribution in [0.2, 0.25) is 0 Å². The number of aliphatic hydroxyl groups is 1. The molecule has 2 heterocycles. The Kier molecular flexibility index (Phi) is 4.15. The van der Waals surface area contributed by atoms with Crippen LogP contribution in [0.1, 0.15) is 18.6 Å². The van der Waals surface area contributed by atoms with Crippen molar-refractivity contribution in [1.29, 1.82) is 0 Å². The topological polar surface area (TPSA) is 62.1 Å². The maximum absolute atomic E-state index is 9.52. The molecule has 0 spiro atoms. The molecule has 1 N–H and O–H groups in total.